The van der Waals surface area contributed by atoms with Crippen LogP contribution in [0.5, 0.6) is 5.75 Å². The number of aliphatic carboxylic acids is 1. The van der Waals surface area contributed by atoms with Gasteiger partial charge in [-0.15, -0.1) is 0 Å². The second-order valence-corrected chi connectivity index (χ2v) is 4.13. The maximum absolute atomic E-state index is 11.2. The van der Waals surface area contributed by atoms with Gasteiger partial charge in [-0.1, -0.05) is 6.07 Å². The molecule has 0 fully saturated rings. The molecule has 1 unspecified atom stereocenters. The molecule has 2 rings (SSSR count). The molecule has 1 atom stereocenters. The van der Waals surface area contributed by atoms with Gasteiger partial charge in [0.1, 0.15) is 5.75 Å². The molecule has 0 radical (unpaired) electrons. The van der Waals surface area contributed by atoms with Crippen LogP contribution in [-0.2, 0) is 22.4 Å². The van der Waals surface area contributed by atoms with Gasteiger partial charge >= 0.3 is 5.97 Å². The lowest BCUT2D eigenvalue weighted by Gasteiger charge is -2.33. The number of methoxy groups -OCH3 is 1. The van der Waals surface area contributed by atoms with E-state index in [1.165, 1.54) is 7.11 Å². The first-order chi connectivity index (χ1) is 7.57. The van der Waals surface area contributed by atoms with Crippen molar-refractivity contribution in [3.8, 4) is 5.75 Å². The number of carboxylic acids is 1. The van der Waals surface area contributed by atoms with Gasteiger partial charge in [0.15, 0.2) is 5.60 Å². The van der Waals surface area contributed by atoms with E-state index in [0.29, 0.717) is 19.3 Å². The molecular formula is C12H14O4. The first-order valence-electron chi connectivity index (χ1n) is 5.17. The summed E-state index contributed by atoms with van der Waals surface area (Å²) < 4.78 is 5.17. The highest BCUT2D eigenvalue weighted by Gasteiger charge is 2.41. The minimum absolute atomic E-state index is 0.221. The average molecular weight is 222 g/mol. The molecule has 0 aliphatic heterocycles. The van der Waals surface area contributed by atoms with E-state index in [1.54, 1.807) is 18.2 Å². The minimum atomic E-state index is -1.11. The SMILES string of the molecule is COC1(C(=O)O)CCc2cc(O)ccc2C1. The number of carbonyl (C=O) groups is 1. The van der Waals surface area contributed by atoms with E-state index >= 15 is 0 Å². The van der Waals surface area contributed by atoms with E-state index in [2.05, 4.69) is 0 Å². The summed E-state index contributed by atoms with van der Waals surface area (Å²) in [4.78, 5) is 11.2. The van der Waals surface area contributed by atoms with Crippen LogP contribution in [0, 0.1) is 0 Å². The molecule has 0 amide bonds. The van der Waals surface area contributed by atoms with Crippen molar-refractivity contribution in [1.82, 2.24) is 0 Å². The molecular weight excluding hydrogens is 208 g/mol. The molecule has 4 heteroatoms. The van der Waals surface area contributed by atoms with Crippen molar-refractivity contribution in [2.45, 2.75) is 24.9 Å². The molecule has 1 aromatic rings. The summed E-state index contributed by atoms with van der Waals surface area (Å²) in [5, 5.41) is 18.5. The number of hydrogen-bond acceptors (Lipinski definition) is 3. The largest absolute Gasteiger partial charge is 0.508 e. The van der Waals surface area contributed by atoms with Crippen LogP contribution in [0.15, 0.2) is 18.2 Å². The van der Waals surface area contributed by atoms with Crippen molar-refractivity contribution in [3.63, 3.8) is 0 Å². The summed E-state index contributed by atoms with van der Waals surface area (Å²) in [6, 6.07) is 5.03. The Morgan fingerprint density at radius 3 is 2.81 bits per heavy atom. The quantitative estimate of drug-likeness (QED) is 0.792. The molecule has 1 aliphatic carbocycles. The molecule has 0 spiro atoms. The summed E-state index contributed by atoms with van der Waals surface area (Å²) in [5.74, 6) is -0.701. The first-order valence-corrected chi connectivity index (χ1v) is 5.17. The van der Waals surface area contributed by atoms with Gasteiger partial charge < -0.3 is 14.9 Å². The van der Waals surface area contributed by atoms with Gasteiger partial charge in [0.25, 0.3) is 0 Å². The summed E-state index contributed by atoms with van der Waals surface area (Å²) in [5.41, 5.74) is 0.839. The monoisotopic (exact) mass is 222 g/mol. The number of phenols is 1. The number of carboxylic acid groups (broad SMARTS) is 1. The molecule has 86 valence electrons. The third-order valence-electron chi connectivity index (χ3n) is 3.24. The zero-order valence-electron chi connectivity index (χ0n) is 9.06. The number of phenolic OH excluding ortho intramolecular Hbond substituents is 1. The summed E-state index contributed by atoms with van der Waals surface area (Å²) in [6.07, 6.45) is 1.41. The van der Waals surface area contributed by atoms with E-state index in [0.717, 1.165) is 11.1 Å². The highest BCUT2D eigenvalue weighted by atomic mass is 16.5. The van der Waals surface area contributed by atoms with Gasteiger partial charge in [0, 0.05) is 13.5 Å². The third kappa shape index (κ3) is 1.65. The molecule has 0 aromatic heterocycles. The van der Waals surface area contributed by atoms with Crippen LogP contribution in [0.3, 0.4) is 0 Å². The molecule has 16 heavy (non-hydrogen) atoms. The van der Waals surface area contributed by atoms with Crippen LogP contribution in [0.2, 0.25) is 0 Å². The fraction of sp³-hybridized carbons (Fsp3) is 0.417. The smallest absolute Gasteiger partial charge is 0.336 e. The van der Waals surface area contributed by atoms with Gasteiger partial charge in [-0.25, -0.2) is 4.79 Å². The van der Waals surface area contributed by atoms with Crippen molar-refractivity contribution in [2.24, 2.45) is 0 Å². The number of ether oxygens (including phenoxy) is 1. The van der Waals surface area contributed by atoms with Gasteiger partial charge in [-0.05, 0) is 36.1 Å². The predicted octanol–water partition coefficient (Wildman–Crippen LogP) is 1.35. The van der Waals surface area contributed by atoms with Crippen molar-refractivity contribution in [2.75, 3.05) is 7.11 Å². The summed E-state index contributed by atoms with van der Waals surface area (Å²) in [6.45, 7) is 0. The van der Waals surface area contributed by atoms with Crippen LogP contribution in [0.4, 0.5) is 0 Å². The number of rotatable bonds is 2. The van der Waals surface area contributed by atoms with Crippen molar-refractivity contribution in [1.29, 1.82) is 0 Å². The fourth-order valence-corrected chi connectivity index (χ4v) is 2.19. The molecule has 1 aliphatic rings. The Morgan fingerprint density at radius 2 is 2.19 bits per heavy atom. The summed E-state index contributed by atoms with van der Waals surface area (Å²) >= 11 is 0. The molecule has 4 nitrogen and oxygen atoms in total. The summed E-state index contributed by atoms with van der Waals surface area (Å²) in [7, 11) is 1.43. The van der Waals surface area contributed by atoms with Gasteiger partial charge in [-0.3, -0.25) is 0 Å². The Hall–Kier alpha value is -1.55. The minimum Gasteiger partial charge on any atom is -0.508 e. The lowest BCUT2D eigenvalue weighted by Crippen LogP contribution is -2.45. The highest BCUT2D eigenvalue weighted by molar-refractivity contribution is 5.78. The van der Waals surface area contributed by atoms with Crippen molar-refractivity contribution in [3.05, 3.63) is 29.3 Å². The lowest BCUT2D eigenvalue weighted by atomic mass is 9.80. The first kappa shape index (κ1) is 11.0. The average Bonchev–Trinajstić information content (AvgIpc) is 2.28. The zero-order chi connectivity index (χ0) is 11.8. The van der Waals surface area contributed by atoms with Crippen molar-refractivity contribution >= 4 is 5.97 Å². The number of hydrogen-bond donors (Lipinski definition) is 2. The van der Waals surface area contributed by atoms with E-state index in [9.17, 15) is 15.0 Å². The molecule has 1 aromatic carbocycles. The van der Waals surface area contributed by atoms with E-state index < -0.39 is 11.6 Å². The van der Waals surface area contributed by atoms with Crippen LogP contribution in [0.25, 0.3) is 0 Å². The van der Waals surface area contributed by atoms with Gasteiger partial charge in [0.2, 0.25) is 0 Å². The Bertz CT molecular complexity index is 427. The van der Waals surface area contributed by atoms with Gasteiger partial charge in [0.05, 0.1) is 0 Å². The van der Waals surface area contributed by atoms with Crippen LogP contribution in [0.1, 0.15) is 17.5 Å². The van der Waals surface area contributed by atoms with Crippen LogP contribution < -0.4 is 0 Å². The van der Waals surface area contributed by atoms with Gasteiger partial charge in [-0.2, -0.15) is 0 Å². The second-order valence-electron chi connectivity index (χ2n) is 4.13. The molecule has 0 bridgehead atoms. The fourth-order valence-electron chi connectivity index (χ4n) is 2.19. The topological polar surface area (TPSA) is 66.8 Å². The second kappa shape index (κ2) is 3.79. The normalized spacial score (nSPS) is 23.8. The van der Waals surface area contributed by atoms with Crippen LogP contribution in [-0.4, -0.2) is 28.9 Å². The number of aromatic hydroxyl groups is 1. The molecule has 2 N–H and O–H groups in total. The van der Waals surface area contributed by atoms with Crippen LogP contribution >= 0.6 is 0 Å². The molecule has 0 heterocycles. The predicted molar refractivity (Wildman–Crippen MR) is 57.5 cm³/mol. The van der Waals surface area contributed by atoms with Crippen molar-refractivity contribution < 1.29 is 19.7 Å². The Balaban J connectivity index is 2.36. The van der Waals surface area contributed by atoms with E-state index in [-0.39, 0.29) is 5.75 Å². The molecule has 0 saturated carbocycles. The highest BCUT2D eigenvalue weighted by Crippen LogP contribution is 2.33. The number of benzene rings is 1. The number of aryl methyl sites for hydroxylation is 1. The molecule has 0 saturated heterocycles. The van der Waals surface area contributed by atoms with E-state index in [1.807, 2.05) is 0 Å². The standard InChI is InChI=1S/C12H14O4/c1-16-12(11(14)15)5-4-8-6-10(13)3-2-9(8)7-12/h2-3,6,13H,4-5,7H2,1H3,(H,14,15). The van der Waals surface area contributed by atoms with E-state index in [4.69, 9.17) is 4.74 Å². The maximum Gasteiger partial charge on any atom is 0.336 e. The number of fused-ring (bicyclic) bond motifs is 1. The lowest BCUT2D eigenvalue weighted by molar-refractivity contribution is -0.163. The zero-order valence-corrected chi connectivity index (χ0v) is 9.06. The Kier molecular flexibility index (Phi) is 2.59. The maximum atomic E-state index is 11.2. The third-order valence-corrected chi connectivity index (χ3v) is 3.24. The Labute approximate surface area is 93.5 Å². The Morgan fingerprint density at radius 1 is 1.44 bits per heavy atom.